The van der Waals surface area contributed by atoms with Crippen molar-refractivity contribution in [2.45, 2.75) is 0 Å². The first-order valence-electron chi connectivity index (χ1n) is 7.06. The number of nitro groups is 1. The van der Waals surface area contributed by atoms with Gasteiger partial charge in [-0.15, -0.1) is 0 Å². The summed E-state index contributed by atoms with van der Waals surface area (Å²) in [5.74, 6) is 0.561. The number of nitrogens with one attached hydrogen (secondary N) is 1. The Kier molecular flexibility index (Phi) is 4.11. The normalized spacial score (nSPS) is 15.0. The molecule has 0 amide bonds. The Hall–Kier alpha value is -2.34. The van der Waals surface area contributed by atoms with Crippen molar-refractivity contribution in [1.82, 2.24) is 0 Å². The third-order valence-electron chi connectivity index (χ3n) is 3.80. The molecule has 0 bridgehead atoms. The number of aromatic nitrogens is 1. The van der Waals surface area contributed by atoms with Crippen molar-refractivity contribution < 1.29 is 9.91 Å². The molecular weight excluding hydrogens is 304 g/mol. The third kappa shape index (κ3) is 2.82. The molecule has 2 heterocycles. The number of para-hydroxylation sites is 1. The fourth-order valence-electron chi connectivity index (χ4n) is 2.70. The molecule has 0 saturated carbocycles. The summed E-state index contributed by atoms with van der Waals surface area (Å²) in [4.78, 5) is 18.0. The summed E-state index contributed by atoms with van der Waals surface area (Å²) >= 11 is 6.23. The highest BCUT2D eigenvalue weighted by molar-refractivity contribution is 6.33. The number of hydrogen-bond donors (Lipinski definition) is 0. The summed E-state index contributed by atoms with van der Waals surface area (Å²) in [7, 11) is 0. The van der Waals surface area contributed by atoms with Gasteiger partial charge in [0.25, 0.3) is 0 Å². The molecule has 1 aromatic carbocycles. The van der Waals surface area contributed by atoms with Gasteiger partial charge in [0.2, 0.25) is 0 Å². The lowest BCUT2D eigenvalue weighted by Crippen LogP contribution is -2.48. The largest absolute Gasteiger partial charge is 0.362 e. The standard InChI is InChI=1S/C15H15ClN4O2/c16-12-4-1-2-5-13(12)18-8-10-19(11-9-18)15-14(20(21)22)6-3-7-17-15/h1-7H,8-11H2/p+1. The molecule has 1 aromatic heterocycles. The Morgan fingerprint density at radius 2 is 1.73 bits per heavy atom. The molecule has 1 aliphatic heterocycles. The zero-order valence-electron chi connectivity index (χ0n) is 11.9. The number of piperazine rings is 1. The number of benzene rings is 1. The molecule has 0 radical (unpaired) electrons. The third-order valence-corrected chi connectivity index (χ3v) is 4.12. The summed E-state index contributed by atoms with van der Waals surface area (Å²) < 4.78 is 0. The van der Waals surface area contributed by atoms with E-state index in [1.165, 1.54) is 6.07 Å². The molecule has 1 aliphatic rings. The van der Waals surface area contributed by atoms with Crippen LogP contribution in [0.1, 0.15) is 0 Å². The van der Waals surface area contributed by atoms with Gasteiger partial charge in [-0.2, -0.15) is 0 Å². The molecule has 22 heavy (non-hydrogen) atoms. The minimum atomic E-state index is -0.355. The predicted molar refractivity (Wildman–Crippen MR) is 85.5 cm³/mol. The monoisotopic (exact) mass is 319 g/mol. The van der Waals surface area contributed by atoms with Crippen LogP contribution in [0.25, 0.3) is 0 Å². The number of rotatable bonds is 3. The van der Waals surface area contributed by atoms with Crippen LogP contribution in [-0.2, 0) is 0 Å². The van der Waals surface area contributed by atoms with E-state index in [1.54, 1.807) is 12.3 Å². The second kappa shape index (κ2) is 6.19. The van der Waals surface area contributed by atoms with E-state index >= 15 is 0 Å². The van der Waals surface area contributed by atoms with E-state index < -0.39 is 0 Å². The molecule has 2 aromatic rings. The van der Waals surface area contributed by atoms with Gasteiger partial charge in [0, 0.05) is 6.07 Å². The second-order valence-corrected chi connectivity index (χ2v) is 5.49. The number of anilines is 2. The number of hydrogen-bond acceptors (Lipinski definition) is 4. The molecule has 6 nitrogen and oxygen atoms in total. The SMILES string of the molecule is O=[N+]([O-])c1ccc[nH+]c1N1CCN(c2ccccc2Cl)CC1. The van der Waals surface area contributed by atoms with Gasteiger partial charge >= 0.3 is 11.5 Å². The number of pyridine rings is 1. The maximum Gasteiger partial charge on any atom is 0.357 e. The van der Waals surface area contributed by atoms with Gasteiger partial charge in [-0.3, -0.25) is 15.0 Å². The van der Waals surface area contributed by atoms with Crippen LogP contribution in [0.3, 0.4) is 0 Å². The van der Waals surface area contributed by atoms with Crippen LogP contribution in [-0.4, -0.2) is 31.1 Å². The van der Waals surface area contributed by atoms with Gasteiger partial charge in [0.1, 0.15) is 13.1 Å². The Morgan fingerprint density at radius 1 is 1.05 bits per heavy atom. The summed E-state index contributed by atoms with van der Waals surface area (Å²) in [5, 5.41) is 11.9. The summed E-state index contributed by atoms with van der Waals surface area (Å²) in [6.07, 6.45) is 1.71. The highest BCUT2D eigenvalue weighted by Crippen LogP contribution is 2.28. The molecule has 0 unspecified atom stereocenters. The number of aromatic amines is 1. The Balaban J connectivity index is 1.75. The lowest BCUT2D eigenvalue weighted by molar-refractivity contribution is -0.411. The summed E-state index contributed by atoms with van der Waals surface area (Å²) in [6, 6.07) is 10.9. The average Bonchev–Trinajstić information content (AvgIpc) is 2.55. The van der Waals surface area contributed by atoms with E-state index in [-0.39, 0.29) is 10.6 Å². The van der Waals surface area contributed by atoms with Crippen molar-refractivity contribution in [2.24, 2.45) is 0 Å². The van der Waals surface area contributed by atoms with E-state index in [0.29, 0.717) is 18.9 Å². The highest BCUT2D eigenvalue weighted by atomic mass is 35.5. The van der Waals surface area contributed by atoms with Crippen LogP contribution >= 0.6 is 11.6 Å². The van der Waals surface area contributed by atoms with Crippen molar-refractivity contribution in [3.8, 4) is 0 Å². The topological polar surface area (TPSA) is 63.8 Å². The van der Waals surface area contributed by atoms with E-state index in [2.05, 4.69) is 9.88 Å². The van der Waals surface area contributed by atoms with Gasteiger partial charge in [-0.25, -0.2) is 4.98 Å². The van der Waals surface area contributed by atoms with Crippen LogP contribution in [0.15, 0.2) is 42.6 Å². The van der Waals surface area contributed by atoms with Crippen molar-refractivity contribution in [2.75, 3.05) is 36.0 Å². The van der Waals surface area contributed by atoms with Gasteiger partial charge in [-0.1, -0.05) is 23.7 Å². The maximum absolute atomic E-state index is 11.1. The van der Waals surface area contributed by atoms with E-state index in [1.807, 2.05) is 29.2 Å². The average molecular weight is 320 g/mol. The Bertz CT molecular complexity index is 687. The minimum Gasteiger partial charge on any atom is -0.362 e. The number of halogens is 1. The fraction of sp³-hybridized carbons (Fsp3) is 0.267. The fourth-order valence-corrected chi connectivity index (χ4v) is 2.95. The molecule has 1 saturated heterocycles. The van der Waals surface area contributed by atoms with Crippen molar-refractivity contribution in [3.63, 3.8) is 0 Å². The summed E-state index contributed by atoms with van der Waals surface area (Å²) in [6.45, 7) is 2.94. The lowest BCUT2D eigenvalue weighted by Gasteiger charge is -2.32. The Labute approximate surface area is 133 Å². The first-order chi connectivity index (χ1) is 10.7. The van der Waals surface area contributed by atoms with Crippen LogP contribution in [0, 0.1) is 10.1 Å². The zero-order chi connectivity index (χ0) is 15.5. The van der Waals surface area contributed by atoms with Gasteiger partial charge in [0.15, 0.2) is 0 Å². The molecular formula is C15H16ClN4O2+. The van der Waals surface area contributed by atoms with Crippen LogP contribution in [0.4, 0.5) is 17.2 Å². The van der Waals surface area contributed by atoms with E-state index in [4.69, 9.17) is 11.6 Å². The zero-order valence-corrected chi connectivity index (χ0v) is 12.7. The van der Waals surface area contributed by atoms with Crippen LogP contribution < -0.4 is 14.8 Å². The van der Waals surface area contributed by atoms with Crippen molar-refractivity contribution in [1.29, 1.82) is 0 Å². The molecule has 1 fully saturated rings. The number of nitrogens with zero attached hydrogens (tertiary/aromatic N) is 3. The van der Waals surface area contributed by atoms with Crippen molar-refractivity contribution in [3.05, 3.63) is 57.7 Å². The van der Waals surface area contributed by atoms with Crippen molar-refractivity contribution >= 4 is 28.8 Å². The second-order valence-electron chi connectivity index (χ2n) is 5.09. The smallest absolute Gasteiger partial charge is 0.357 e. The quantitative estimate of drug-likeness (QED) is 0.643. The molecule has 114 valence electrons. The van der Waals surface area contributed by atoms with E-state index in [9.17, 15) is 10.1 Å². The molecule has 1 N–H and O–H groups in total. The molecule has 0 spiro atoms. The van der Waals surface area contributed by atoms with Crippen LogP contribution in [0.5, 0.6) is 0 Å². The molecule has 0 atom stereocenters. The summed E-state index contributed by atoms with van der Waals surface area (Å²) in [5.41, 5.74) is 1.11. The highest BCUT2D eigenvalue weighted by Gasteiger charge is 2.31. The first-order valence-corrected chi connectivity index (χ1v) is 7.44. The minimum absolute atomic E-state index is 0.105. The van der Waals surface area contributed by atoms with Gasteiger partial charge < -0.3 is 4.90 Å². The van der Waals surface area contributed by atoms with Gasteiger partial charge in [-0.05, 0) is 18.2 Å². The van der Waals surface area contributed by atoms with Crippen LogP contribution in [0.2, 0.25) is 5.02 Å². The number of H-pyrrole nitrogens is 1. The lowest BCUT2D eigenvalue weighted by atomic mass is 10.2. The predicted octanol–water partition coefficient (Wildman–Crippen LogP) is 2.39. The Morgan fingerprint density at radius 3 is 2.41 bits per heavy atom. The first kappa shape index (κ1) is 14.6. The van der Waals surface area contributed by atoms with Gasteiger partial charge in [0.05, 0.1) is 34.9 Å². The molecule has 7 heteroatoms. The molecule has 0 aliphatic carbocycles. The maximum atomic E-state index is 11.1. The molecule has 3 rings (SSSR count). The van der Waals surface area contributed by atoms with E-state index in [0.717, 1.165) is 23.8 Å².